The van der Waals surface area contributed by atoms with Gasteiger partial charge in [0.15, 0.2) is 0 Å². The number of nitrogens with zero attached hydrogens (tertiary/aromatic N) is 2. The van der Waals surface area contributed by atoms with Gasteiger partial charge < -0.3 is 10.6 Å². The second kappa shape index (κ2) is 6.54. The van der Waals surface area contributed by atoms with Crippen LogP contribution in [0.25, 0.3) is 0 Å². The van der Waals surface area contributed by atoms with Crippen LogP contribution in [-0.4, -0.2) is 28.8 Å². The van der Waals surface area contributed by atoms with Crippen LogP contribution < -0.4 is 10.6 Å². The molecule has 1 rings (SSSR count). The third kappa shape index (κ3) is 3.57. The Morgan fingerprint density at radius 2 is 2.17 bits per heavy atom. The van der Waals surface area contributed by atoms with Crippen LogP contribution in [0.4, 0.5) is 0 Å². The fourth-order valence-electron chi connectivity index (χ4n) is 1.83. The third-order valence-electron chi connectivity index (χ3n) is 3.25. The van der Waals surface area contributed by atoms with Crippen molar-refractivity contribution in [1.82, 2.24) is 20.4 Å². The summed E-state index contributed by atoms with van der Waals surface area (Å²) in [6.07, 6.45) is 1.81. The van der Waals surface area contributed by atoms with Gasteiger partial charge in [0.25, 0.3) is 0 Å². The van der Waals surface area contributed by atoms with Crippen molar-refractivity contribution in [3.63, 3.8) is 0 Å². The summed E-state index contributed by atoms with van der Waals surface area (Å²) < 4.78 is 1.82. The standard InChI is InChI=1S/C13H24N4O/c1-6-14-7-9(2)13(18)16-10(3)12-8-15-17(5)11(12)4/h8-10,14H,6-7H2,1-5H3,(H,16,18). The highest BCUT2D eigenvalue weighted by Crippen LogP contribution is 2.16. The molecule has 1 heterocycles. The van der Waals surface area contributed by atoms with Gasteiger partial charge in [-0.05, 0) is 20.4 Å². The van der Waals surface area contributed by atoms with Crippen LogP contribution in [0.5, 0.6) is 0 Å². The molecule has 1 aromatic heterocycles. The van der Waals surface area contributed by atoms with Crippen molar-refractivity contribution < 1.29 is 4.79 Å². The van der Waals surface area contributed by atoms with Gasteiger partial charge in [-0.2, -0.15) is 5.10 Å². The highest BCUT2D eigenvalue weighted by atomic mass is 16.1. The summed E-state index contributed by atoms with van der Waals surface area (Å²) in [5.41, 5.74) is 2.16. The molecule has 0 aliphatic rings. The summed E-state index contributed by atoms with van der Waals surface area (Å²) in [5.74, 6) is 0.0519. The van der Waals surface area contributed by atoms with E-state index in [1.54, 1.807) is 0 Å². The highest BCUT2D eigenvalue weighted by molar-refractivity contribution is 5.79. The summed E-state index contributed by atoms with van der Waals surface area (Å²) in [7, 11) is 1.90. The smallest absolute Gasteiger partial charge is 0.224 e. The average molecular weight is 252 g/mol. The number of hydrogen-bond acceptors (Lipinski definition) is 3. The Kier molecular flexibility index (Phi) is 5.34. The summed E-state index contributed by atoms with van der Waals surface area (Å²) in [6, 6.07) is -0.00437. The molecule has 1 amide bonds. The first-order chi connectivity index (χ1) is 8.47. The Hall–Kier alpha value is -1.36. The Labute approximate surface area is 109 Å². The number of aryl methyl sites for hydroxylation is 1. The normalized spacial score (nSPS) is 14.3. The van der Waals surface area contributed by atoms with Crippen LogP contribution in [0.2, 0.25) is 0 Å². The lowest BCUT2D eigenvalue weighted by atomic mass is 10.1. The van der Waals surface area contributed by atoms with Crippen molar-refractivity contribution in [2.24, 2.45) is 13.0 Å². The fourth-order valence-corrected chi connectivity index (χ4v) is 1.83. The number of hydrogen-bond donors (Lipinski definition) is 2. The first-order valence-electron chi connectivity index (χ1n) is 6.47. The minimum absolute atomic E-state index is 0.00437. The van der Waals surface area contributed by atoms with E-state index in [-0.39, 0.29) is 17.9 Å². The van der Waals surface area contributed by atoms with Gasteiger partial charge in [-0.1, -0.05) is 13.8 Å². The highest BCUT2D eigenvalue weighted by Gasteiger charge is 2.18. The van der Waals surface area contributed by atoms with Crippen molar-refractivity contribution in [2.75, 3.05) is 13.1 Å². The quantitative estimate of drug-likeness (QED) is 0.798. The SMILES string of the molecule is CCNCC(C)C(=O)NC(C)c1cnn(C)c1C. The van der Waals surface area contributed by atoms with Crippen molar-refractivity contribution in [3.05, 3.63) is 17.5 Å². The first-order valence-corrected chi connectivity index (χ1v) is 6.47. The van der Waals surface area contributed by atoms with Crippen LogP contribution in [0.3, 0.4) is 0 Å². The minimum Gasteiger partial charge on any atom is -0.349 e. The predicted octanol–water partition coefficient (Wildman–Crippen LogP) is 1.15. The molecule has 5 heteroatoms. The van der Waals surface area contributed by atoms with Gasteiger partial charge in [0, 0.05) is 30.8 Å². The van der Waals surface area contributed by atoms with Gasteiger partial charge in [0.2, 0.25) is 5.91 Å². The van der Waals surface area contributed by atoms with E-state index in [0.717, 1.165) is 17.8 Å². The molecule has 0 fully saturated rings. The molecule has 2 unspecified atom stereocenters. The molecule has 0 saturated carbocycles. The maximum atomic E-state index is 12.0. The van der Waals surface area contributed by atoms with Crippen LogP contribution >= 0.6 is 0 Å². The largest absolute Gasteiger partial charge is 0.349 e. The summed E-state index contributed by atoms with van der Waals surface area (Å²) in [6.45, 7) is 9.55. The zero-order valence-electron chi connectivity index (χ0n) is 11.9. The number of amides is 1. The molecule has 0 spiro atoms. The van der Waals surface area contributed by atoms with E-state index >= 15 is 0 Å². The van der Waals surface area contributed by atoms with E-state index in [2.05, 4.69) is 15.7 Å². The number of nitrogens with one attached hydrogen (secondary N) is 2. The van der Waals surface area contributed by atoms with Crippen molar-refractivity contribution in [2.45, 2.75) is 33.7 Å². The molecule has 0 radical (unpaired) electrons. The fraction of sp³-hybridized carbons (Fsp3) is 0.692. The number of carbonyl (C=O) groups is 1. The number of aromatic nitrogens is 2. The second-order valence-electron chi connectivity index (χ2n) is 4.75. The molecule has 0 aliphatic heterocycles. The van der Waals surface area contributed by atoms with Gasteiger partial charge in [-0.25, -0.2) is 0 Å². The van der Waals surface area contributed by atoms with Gasteiger partial charge in [-0.15, -0.1) is 0 Å². The maximum absolute atomic E-state index is 12.0. The zero-order valence-corrected chi connectivity index (χ0v) is 11.9. The van der Waals surface area contributed by atoms with Crippen molar-refractivity contribution in [3.8, 4) is 0 Å². The number of rotatable bonds is 6. The molecule has 1 aromatic rings. The minimum atomic E-state index is -0.0237. The molecule has 2 N–H and O–H groups in total. The summed E-state index contributed by atoms with van der Waals surface area (Å²) >= 11 is 0. The molecule has 5 nitrogen and oxygen atoms in total. The average Bonchev–Trinajstić information content (AvgIpc) is 2.66. The monoisotopic (exact) mass is 252 g/mol. The van der Waals surface area contributed by atoms with Crippen LogP contribution in [0, 0.1) is 12.8 Å². The van der Waals surface area contributed by atoms with Gasteiger partial charge in [0.05, 0.1) is 12.2 Å². The van der Waals surface area contributed by atoms with Crippen molar-refractivity contribution in [1.29, 1.82) is 0 Å². The summed E-state index contributed by atoms with van der Waals surface area (Å²) in [4.78, 5) is 12.0. The van der Waals surface area contributed by atoms with Gasteiger partial charge in [-0.3, -0.25) is 9.48 Å². The van der Waals surface area contributed by atoms with E-state index in [9.17, 15) is 4.79 Å². The van der Waals surface area contributed by atoms with Gasteiger partial charge in [0.1, 0.15) is 0 Å². The van der Waals surface area contributed by atoms with E-state index in [1.165, 1.54) is 0 Å². The lowest BCUT2D eigenvalue weighted by Gasteiger charge is -2.17. The van der Waals surface area contributed by atoms with E-state index < -0.39 is 0 Å². The Morgan fingerprint density at radius 1 is 1.50 bits per heavy atom. The van der Waals surface area contributed by atoms with Crippen LogP contribution in [0.1, 0.15) is 38.1 Å². The third-order valence-corrected chi connectivity index (χ3v) is 3.25. The molecule has 0 aliphatic carbocycles. The van der Waals surface area contributed by atoms with Crippen molar-refractivity contribution >= 4 is 5.91 Å². The molecular formula is C13H24N4O. The summed E-state index contributed by atoms with van der Waals surface area (Å²) in [5, 5.41) is 10.4. The Morgan fingerprint density at radius 3 is 2.67 bits per heavy atom. The first kappa shape index (κ1) is 14.7. The Balaban J connectivity index is 2.56. The predicted molar refractivity (Wildman–Crippen MR) is 72.2 cm³/mol. The van der Waals surface area contributed by atoms with Crippen LogP contribution in [0.15, 0.2) is 6.20 Å². The van der Waals surface area contributed by atoms with Gasteiger partial charge >= 0.3 is 0 Å². The molecule has 102 valence electrons. The van der Waals surface area contributed by atoms with E-state index in [1.807, 2.05) is 45.6 Å². The van der Waals surface area contributed by atoms with E-state index in [4.69, 9.17) is 0 Å². The molecule has 0 aromatic carbocycles. The Bertz CT molecular complexity index is 400. The molecule has 0 bridgehead atoms. The topological polar surface area (TPSA) is 59.0 Å². The molecule has 0 saturated heterocycles. The lowest BCUT2D eigenvalue weighted by Crippen LogP contribution is -2.36. The number of carbonyl (C=O) groups excluding carboxylic acids is 1. The lowest BCUT2D eigenvalue weighted by molar-refractivity contribution is -0.125. The maximum Gasteiger partial charge on any atom is 0.224 e. The van der Waals surface area contributed by atoms with Crippen LogP contribution in [-0.2, 0) is 11.8 Å². The van der Waals surface area contributed by atoms with E-state index in [0.29, 0.717) is 6.54 Å². The molecular weight excluding hydrogens is 228 g/mol. The second-order valence-corrected chi connectivity index (χ2v) is 4.75. The molecule has 2 atom stereocenters. The molecule has 18 heavy (non-hydrogen) atoms. The zero-order chi connectivity index (χ0) is 13.7.